The number of esters is 1. The molecule has 2 rings (SSSR count). The normalized spacial score (nSPS) is 11.4. The van der Waals surface area contributed by atoms with Crippen molar-refractivity contribution in [2.45, 2.75) is 26.9 Å². The zero-order valence-corrected chi connectivity index (χ0v) is 15.2. The maximum Gasteiger partial charge on any atom is 0.303 e. The molecule has 1 atom stereocenters. The van der Waals surface area contributed by atoms with Gasteiger partial charge in [-0.25, -0.2) is 0 Å². The minimum atomic E-state index is -1.57. The van der Waals surface area contributed by atoms with Crippen molar-refractivity contribution in [3.05, 3.63) is 59.2 Å². The molecule has 26 heavy (non-hydrogen) atoms. The van der Waals surface area contributed by atoms with Crippen molar-refractivity contribution < 1.29 is 23.9 Å². The number of benzene rings is 2. The van der Waals surface area contributed by atoms with Crippen molar-refractivity contribution in [2.75, 3.05) is 12.4 Å². The summed E-state index contributed by atoms with van der Waals surface area (Å²) in [5, 5.41) is 2.70. The first-order valence-electron chi connectivity index (χ1n) is 8.06. The lowest BCUT2D eigenvalue weighted by Gasteiger charge is -2.18. The van der Waals surface area contributed by atoms with Gasteiger partial charge in [0.15, 0.2) is 0 Å². The summed E-state index contributed by atoms with van der Waals surface area (Å²) in [6.07, 6.45) is -1.57. The molecule has 0 aliphatic heterocycles. The standard InChI is InChI=1S/C20H21NO5/c1-12-6-5-7-13(2)17(12)21-20(24)19(26-14(3)22)18(23)15-8-10-16(25-4)11-9-15/h5-11,19H,1-4H3,(H,21,24). The molecular formula is C20H21NO5. The predicted molar refractivity (Wildman–Crippen MR) is 97.4 cm³/mol. The predicted octanol–water partition coefficient (Wildman–Crippen LogP) is 3.07. The van der Waals surface area contributed by atoms with E-state index >= 15 is 0 Å². The first-order valence-corrected chi connectivity index (χ1v) is 8.06. The highest BCUT2D eigenvalue weighted by Crippen LogP contribution is 2.21. The Labute approximate surface area is 152 Å². The van der Waals surface area contributed by atoms with Gasteiger partial charge >= 0.3 is 5.97 Å². The second-order valence-corrected chi connectivity index (χ2v) is 5.84. The molecule has 6 nitrogen and oxygen atoms in total. The molecule has 1 unspecified atom stereocenters. The van der Waals surface area contributed by atoms with Crippen molar-refractivity contribution in [3.8, 4) is 5.75 Å². The minimum Gasteiger partial charge on any atom is -0.497 e. The Morgan fingerprint density at radius 3 is 2.04 bits per heavy atom. The molecular weight excluding hydrogens is 334 g/mol. The molecule has 0 heterocycles. The van der Waals surface area contributed by atoms with Gasteiger partial charge in [0.25, 0.3) is 5.91 Å². The van der Waals surface area contributed by atoms with Gasteiger partial charge in [0.1, 0.15) is 5.75 Å². The van der Waals surface area contributed by atoms with Crippen LogP contribution in [0.1, 0.15) is 28.4 Å². The summed E-state index contributed by atoms with van der Waals surface area (Å²) in [7, 11) is 1.51. The van der Waals surface area contributed by atoms with Crippen molar-refractivity contribution in [1.29, 1.82) is 0 Å². The summed E-state index contributed by atoms with van der Waals surface area (Å²) in [4.78, 5) is 36.8. The zero-order valence-electron chi connectivity index (χ0n) is 15.2. The van der Waals surface area contributed by atoms with E-state index in [1.807, 2.05) is 32.0 Å². The van der Waals surface area contributed by atoms with Crippen molar-refractivity contribution in [1.82, 2.24) is 0 Å². The first kappa shape index (κ1) is 19.2. The lowest BCUT2D eigenvalue weighted by molar-refractivity contribution is -0.149. The van der Waals surface area contributed by atoms with Crippen LogP contribution < -0.4 is 10.1 Å². The molecule has 1 amide bonds. The fourth-order valence-corrected chi connectivity index (χ4v) is 2.50. The molecule has 0 aliphatic rings. The molecule has 0 bridgehead atoms. The highest BCUT2D eigenvalue weighted by Gasteiger charge is 2.31. The van der Waals surface area contributed by atoms with Crippen LogP contribution in [0.5, 0.6) is 5.75 Å². The summed E-state index contributed by atoms with van der Waals surface area (Å²) in [5.74, 6) is -1.44. The number of ketones is 1. The Morgan fingerprint density at radius 2 is 1.54 bits per heavy atom. The number of ether oxygens (including phenoxy) is 2. The van der Waals surface area contributed by atoms with Crippen LogP contribution in [-0.4, -0.2) is 30.9 Å². The van der Waals surface area contributed by atoms with Gasteiger partial charge in [-0.05, 0) is 49.2 Å². The highest BCUT2D eigenvalue weighted by molar-refractivity contribution is 6.17. The Kier molecular flexibility index (Phi) is 6.11. The maximum absolute atomic E-state index is 12.7. The van der Waals surface area contributed by atoms with Gasteiger partial charge in [-0.15, -0.1) is 0 Å². The first-order chi connectivity index (χ1) is 12.3. The second kappa shape index (κ2) is 8.29. The number of methoxy groups -OCH3 is 1. The number of nitrogens with one attached hydrogen (secondary N) is 1. The third kappa shape index (κ3) is 4.47. The summed E-state index contributed by atoms with van der Waals surface area (Å²) in [6, 6.07) is 11.8. The molecule has 0 spiro atoms. The van der Waals surface area contributed by atoms with E-state index in [-0.39, 0.29) is 5.56 Å². The van der Waals surface area contributed by atoms with Crippen molar-refractivity contribution >= 4 is 23.3 Å². The molecule has 0 fully saturated rings. The van der Waals surface area contributed by atoms with E-state index in [2.05, 4.69) is 5.32 Å². The van der Waals surface area contributed by atoms with Crippen LogP contribution in [0.25, 0.3) is 0 Å². The molecule has 6 heteroatoms. The number of hydrogen-bond acceptors (Lipinski definition) is 5. The van der Waals surface area contributed by atoms with E-state index < -0.39 is 23.8 Å². The molecule has 0 aromatic heterocycles. The van der Waals surface area contributed by atoms with Crippen molar-refractivity contribution in [3.63, 3.8) is 0 Å². The van der Waals surface area contributed by atoms with Crippen LogP contribution in [0, 0.1) is 13.8 Å². The Bertz CT molecular complexity index is 806. The van der Waals surface area contributed by atoms with Gasteiger partial charge in [0, 0.05) is 18.2 Å². The van der Waals surface area contributed by atoms with Gasteiger partial charge in [-0.1, -0.05) is 18.2 Å². The fourth-order valence-electron chi connectivity index (χ4n) is 2.50. The van der Waals surface area contributed by atoms with Crippen LogP contribution in [0.15, 0.2) is 42.5 Å². The topological polar surface area (TPSA) is 81.7 Å². The molecule has 1 N–H and O–H groups in total. The molecule has 0 saturated heterocycles. The van der Waals surface area contributed by atoms with Gasteiger partial charge in [-0.3, -0.25) is 14.4 Å². The van der Waals surface area contributed by atoms with E-state index in [0.717, 1.165) is 18.1 Å². The van der Waals surface area contributed by atoms with Crippen LogP contribution >= 0.6 is 0 Å². The third-order valence-corrected chi connectivity index (χ3v) is 3.86. The van der Waals surface area contributed by atoms with E-state index in [1.54, 1.807) is 12.1 Å². The largest absolute Gasteiger partial charge is 0.497 e. The number of rotatable bonds is 6. The zero-order chi connectivity index (χ0) is 19.3. The molecule has 0 saturated carbocycles. The minimum absolute atomic E-state index is 0.244. The van der Waals surface area contributed by atoms with E-state index in [9.17, 15) is 14.4 Å². The number of amides is 1. The maximum atomic E-state index is 12.7. The number of carbonyl (C=O) groups is 3. The highest BCUT2D eigenvalue weighted by atomic mass is 16.5. The smallest absolute Gasteiger partial charge is 0.303 e. The fraction of sp³-hybridized carbons (Fsp3) is 0.250. The van der Waals surface area contributed by atoms with Crippen LogP contribution in [0.4, 0.5) is 5.69 Å². The Hall–Kier alpha value is -3.15. The van der Waals surface area contributed by atoms with Gasteiger partial charge in [0.05, 0.1) is 7.11 Å². The van der Waals surface area contributed by atoms with Gasteiger partial charge in [-0.2, -0.15) is 0 Å². The molecule has 2 aromatic carbocycles. The summed E-state index contributed by atoms with van der Waals surface area (Å²) in [5.41, 5.74) is 2.53. The number of anilines is 1. The van der Waals surface area contributed by atoms with E-state index in [1.165, 1.54) is 19.2 Å². The molecule has 0 aliphatic carbocycles. The number of aryl methyl sites for hydroxylation is 2. The van der Waals surface area contributed by atoms with E-state index in [4.69, 9.17) is 9.47 Å². The van der Waals surface area contributed by atoms with Crippen LogP contribution in [0.2, 0.25) is 0 Å². The third-order valence-electron chi connectivity index (χ3n) is 3.86. The molecule has 136 valence electrons. The SMILES string of the molecule is COc1ccc(C(=O)C(OC(C)=O)C(=O)Nc2c(C)cccc2C)cc1. The summed E-state index contributed by atoms with van der Waals surface area (Å²) >= 11 is 0. The number of hydrogen-bond donors (Lipinski definition) is 1. The van der Waals surface area contributed by atoms with Crippen LogP contribution in [-0.2, 0) is 14.3 Å². The molecule has 0 radical (unpaired) electrons. The average molecular weight is 355 g/mol. The number of Topliss-reactive ketones (excluding diaryl/α,β-unsaturated/α-hetero) is 1. The van der Waals surface area contributed by atoms with Crippen molar-refractivity contribution in [2.24, 2.45) is 0 Å². The Morgan fingerprint density at radius 1 is 0.962 bits per heavy atom. The average Bonchev–Trinajstić information content (AvgIpc) is 2.62. The van der Waals surface area contributed by atoms with E-state index in [0.29, 0.717) is 11.4 Å². The van der Waals surface area contributed by atoms with Crippen LogP contribution in [0.3, 0.4) is 0 Å². The monoisotopic (exact) mass is 355 g/mol. The second-order valence-electron chi connectivity index (χ2n) is 5.84. The summed E-state index contributed by atoms with van der Waals surface area (Å²) < 4.78 is 10.1. The summed E-state index contributed by atoms with van der Waals surface area (Å²) in [6.45, 7) is 4.84. The number of carbonyl (C=O) groups excluding carboxylic acids is 3. The number of para-hydroxylation sites is 1. The van der Waals surface area contributed by atoms with Gasteiger partial charge in [0.2, 0.25) is 11.9 Å². The Balaban J connectivity index is 2.29. The molecule has 2 aromatic rings. The lowest BCUT2D eigenvalue weighted by Crippen LogP contribution is -2.39. The van der Waals surface area contributed by atoms with Gasteiger partial charge < -0.3 is 14.8 Å². The quantitative estimate of drug-likeness (QED) is 0.489. The lowest BCUT2D eigenvalue weighted by atomic mass is 10.0.